The Morgan fingerprint density at radius 1 is 1.28 bits per heavy atom. The number of carbonyl (C=O) groups excluding carboxylic acids is 1. The Labute approximate surface area is 202 Å². The molecule has 32 heavy (non-hydrogen) atoms. The van der Waals surface area contributed by atoms with Gasteiger partial charge in [-0.2, -0.15) is 5.10 Å². The summed E-state index contributed by atoms with van der Waals surface area (Å²) in [4.78, 5) is 16.6. The van der Waals surface area contributed by atoms with Crippen LogP contribution >= 0.6 is 31.9 Å². The molecule has 0 bridgehead atoms. The molecule has 0 atom stereocenters. The summed E-state index contributed by atoms with van der Waals surface area (Å²) >= 11 is 6.95. The van der Waals surface area contributed by atoms with Gasteiger partial charge in [0.25, 0.3) is 5.91 Å². The van der Waals surface area contributed by atoms with Gasteiger partial charge in [0.15, 0.2) is 23.9 Å². The third kappa shape index (κ3) is 5.66. The lowest BCUT2D eigenvalue weighted by atomic mass is 10.1. The van der Waals surface area contributed by atoms with Crippen molar-refractivity contribution in [3.05, 3.63) is 69.3 Å². The van der Waals surface area contributed by atoms with Gasteiger partial charge in [-0.15, -0.1) is 6.58 Å². The number of aromatic nitrogens is 1. The number of nitrogens with one attached hydrogen (secondary N) is 1. The Balaban J connectivity index is 1.68. The molecule has 3 rings (SSSR count). The molecule has 0 radical (unpaired) electrons. The maximum absolute atomic E-state index is 12.2. The van der Waals surface area contributed by atoms with E-state index in [1.165, 1.54) is 6.21 Å². The van der Waals surface area contributed by atoms with Crippen molar-refractivity contribution in [2.24, 2.45) is 5.10 Å². The number of carbonyl (C=O) groups is 1. The number of phenols is 1. The van der Waals surface area contributed by atoms with Gasteiger partial charge in [-0.05, 0) is 59.1 Å². The molecule has 1 heterocycles. The van der Waals surface area contributed by atoms with E-state index in [0.717, 1.165) is 9.86 Å². The van der Waals surface area contributed by atoms with Crippen LogP contribution in [0.4, 0.5) is 0 Å². The van der Waals surface area contributed by atoms with Crippen LogP contribution in [0.5, 0.6) is 17.2 Å². The maximum atomic E-state index is 12.2. The van der Waals surface area contributed by atoms with Crippen molar-refractivity contribution in [1.82, 2.24) is 10.4 Å². The molecule has 0 aliphatic heterocycles. The molecule has 0 aliphatic carbocycles. The second-order valence-corrected chi connectivity index (χ2v) is 8.31. The number of hydrazone groups is 1. The molecule has 0 saturated carbocycles. The highest BCUT2D eigenvalue weighted by atomic mass is 79.9. The number of allylic oxidation sites excluding steroid dienone is 1. The summed E-state index contributed by atoms with van der Waals surface area (Å²) in [6.45, 7) is 5.69. The van der Waals surface area contributed by atoms with E-state index in [9.17, 15) is 9.90 Å². The Bertz CT molecular complexity index is 1180. The molecule has 0 fully saturated rings. The first-order chi connectivity index (χ1) is 15.4. The van der Waals surface area contributed by atoms with E-state index in [-0.39, 0.29) is 12.4 Å². The smallest absolute Gasteiger partial charge is 0.277 e. The Kier molecular flexibility index (Phi) is 8.24. The van der Waals surface area contributed by atoms with E-state index in [2.05, 4.69) is 54.0 Å². The summed E-state index contributed by atoms with van der Waals surface area (Å²) in [6.07, 6.45) is 5.29. The van der Waals surface area contributed by atoms with Gasteiger partial charge in [-0.1, -0.05) is 28.1 Å². The molecule has 9 heteroatoms. The summed E-state index contributed by atoms with van der Waals surface area (Å²) < 4.78 is 12.7. The van der Waals surface area contributed by atoms with Crippen molar-refractivity contribution in [3.63, 3.8) is 0 Å². The van der Waals surface area contributed by atoms with Crippen LogP contribution in [0.2, 0.25) is 0 Å². The fourth-order valence-corrected chi connectivity index (χ4v) is 4.36. The molecular weight excluding hydrogens is 542 g/mol. The minimum absolute atomic E-state index is 0.0715. The number of ether oxygens (including phenoxy) is 2. The van der Waals surface area contributed by atoms with Crippen LogP contribution in [0.1, 0.15) is 18.1 Å². The van der Waals surface area contributed by atoms with Gasteiger partial charge in [-0.3, -0.25) is 9.78 Å². The van der Waals surface area contributed by atoms with Crippen LogP contribution in [0.25, 0.3) is 10.9 Å². The molecule has 0 saturated heterocycles. The second kappa shape index (κ2) is 11.1. The number of hydrogen-bond acceptors (Lipinski definition) is 6. The Hall–Kier alpha value is -2.91. The van der Waals surface area contributed by atoms with Gasteiger partial charge in [0.2, 0.25) is 0 Å². The van der Waals surface area contributed by atoms with E-state index in [1.54, 1.807) is 24.4 Å². The quantitative estimate of drug-likeness (QED) is 0.214. The van der Waals surface area contributed by atoms with Crippen molar-refractivity contribution in [3.8, 4) is 17.2 Å². The molecule has 0 spiro atoms. The number of nitrogens with zero attached hydrogens (tertiary/aromatic N) is 2. The van der Waals surface area contributed by atoms with Gasteiger partial charge in [0.1, 0.15) is 5.52 Å². The normalized spacial score (nSPS) is 11.0. The predicted molar refractivity (Wildman–Crippen MR) is 132 cm³/mol. The van der Waals surface area contributed by atoms with E-state index < -0.39 is 5.91 Å². The predicted octanol–water partition coefficient (Wildman–Crippen LogP) is 5.12. The number of fused-ring (bicyclic) bond motifs is 1. The number of hydrogen-bond donors (Lipinski definition) is 2. The average Bonchev–Trinajstić information content (AvgIpc) is 2.77. The number of rotatable bonds is 9. The van der Waals surface area contributed by atoms with E-state index in [0.29, 0.717) is 45.6 Å². The van der Waals surface area contributed by atoms with E-state index in [4.69, 9.17) is 9.47 Å². The van der Waals surface area contributed by atoms with Gasteiger partial charge in [0, 0.05) is 21.6 Å². The van der Waals surface area contributed by atoms with Crippen LogP contribution in [0.3, 0.4) is 0 Å². The van der Waals surface area contributed by atoms with Crippen LogP contribution in [-0.2, 0) is 11.2 Å². The van der Waals surface area contributed by atoms with Crippen molar-refractivity contribution in [2.45, 2.75) is 13.3 Å². The number of phenolic OH excluding ortho intramolecular Hbond substituents is 1. The molecule has 1 amide bonds. The fourth-order valence-electron chi connectivity index (χ4n) is 2.97. The minimum Gasteiger partial charge on any atom is -0.504 e. The monoisotopic (exact) mass is 561 g/mol. The zero-order valence-electron chi connectivity index (χ0n) is 17.3. The third-order valence-corrected chi connectivity index (χ3v) is 5.59. The van der Waals surface area contributed by atoms with E-state index >= 15 is 0 Å². The molecule has 2 aromatic carbocycles. The Morgan fingerprint density at radius 3 is 2.84 bits per heavy atom. The van der Waals surface area contributed by atoms with Gasteiger partial charge < -0.3 is 14.6 Å². The van der Waals surface area contributed by atoms with Gasteiger partial charge in [0.05, 0.1) is 17.3 Å². The highest BCUT2D eigenvalue weighted by molar-refractivity contribution is 9.11. The zero-order chi connectivity index (χ0) is 23.1. The Morgan fingerprint density at radius 2 is 2.09 bits per heavy atom. The van der Waals surface area contributed by atoms with Crippen molar-refractivity contribution in [1.29, 1.82) is 0 Å². The van der Waals surface area contributed by atoms with E-state index in [1.807, 2.05) is 25.1 Å². The van der Waals surface area contributed by atoms with Gasteiger partial charge >= 0.3 is 0 Å². The molecule has 7 nitrogen and oxygen atoms in total. The largest absolute Gasteiger partial charge is 0.504 e. The molecule has 3 aromatic rings. The zero-order valence-corrected chi connectivity index (χ0v) is 20.4. The lowest BCUT2D eigenvalue weighted by molar-refractivity contribution is -0.123. The van der Waals surface area contributed by atoms with Crippen molar-refractivity contribution >= 4 is 54.9 Å². The first-order valence-electron chi connectivity index (χ1n) is 9.71. The van der Waals surface area contributed by atoms with Crippen LogP contribution in [-0.4, -0.2) is 35.4 Å². The summed E-state index contributed by atoms with van der Waals surface area (Å²) in [5.74, 6) is 0.455. The number of aromatic hydroxyl groups is 1. The van der Waals surface area contributed by atoms with Crippen LogP contribution < -0.4 is 14.9 Å². The fraction of sp³-hybridized carbons (Fsp3) is 0.174. The highest BCUT2D eigenvalue weighted by Crippen LogP contribution is 2.37. The van der Waals surface area contributed by atoms with Gasteiger partial charge in [-0.25, -0.2) is 5.43 Å². The lowest BCUT2D eigenvalue weighted by Gasteiger charge is -2.11. The van der Waals surface area contributed by atoms with Crippen LogP contribution in [0.15, 0.2) is 63.2 Å². The highest BCUT2D eigenvalue weighted by Gasteiger charge is 2.14. The summed E-state index contributed by atoms with van der Waals surface area (Å²) in [7, 11) is 0. The molecule has 0 aliphatic rings. The molecule has 0 unspecified atom stereocenters. The number of halogens is 2. The first kappa shape index (κ1) is 23.7. The summed E-state index contributed by atoms with van der Waals surface area (Å²) in [6, 6.07) is 8.98. The molecule has 1 aromatic heterocycles. The van der Waals surface area contributed by atoms with Crippen molar-refractivity contribution < 1.29 is 19.4 Å². The number of pyridine rings is 1. The SMILES string of the molecule is C=CCc1cc(/C=N/NC(=O)COc2c(Br)cc(Br)c3cccnc23)cc(OCC)c1O. The third-order valence-electron chi connectivity index (χ3n) is 4.34. The van der Waals surface area contributed by atoms with Crippen LogP contribution in [0, 0.1) is 0 Å². The topological polar surface area (TPSA) is 93.0 Å². The average molecular weight is 563 g/mol. The van der Waals surface area contributed by atoms with Crippen molar-refractivity contribution in [2.75, 3.05) is 13.2 Å². The number of amides is 1. The molecule has 166 valence electrons. The summed E-state index contributed by atoms with van der Waals surface area (Å²) in [5.41, 5.74) is 4.38. The first-order valence-corrected chi connectivity index (χ1v) is 11.3. The summed E-state index contributed by atoms with van der Waals surface area (Å²) in [5, 5.41) is 15.1. The molecular formula is C23H21Br2N3O4. The second-order valence-electron chi connectivity index (χ2n) is 6.60. The molecule has 2 N–H and O–H groups in total. The lowest BCUT2D eigenvalue weighted by Crippen LogP contribution is -2.24. The minimum atomic E-state index is -0.435. The number of benzene rings is 2. The maximum Gasteiger partial charge on any atom is 0.277 e. The standard InChI is InChI=1S/C23H21Br2N3O4/c1-3-6-15-9-14(10-19(22(15)30)31-4-2)12-27-28-20(29)13-32-23-18(25)11-17(24)16-7-5-8-26-21(16)23/h3,5,7-12,30H,1,4,6,13H2,2H3,(H,28,29)/b27-12+.